The number of carbonyl (C=O) groups is 1. The molecule has 1 saturated heterocycles. The minimum absolute atomic E-state index is 0.0890. The van der Waals surface area contributed by atoms with E-state index >= 15 is 0 Å². The van der Waals surface area contributed by atoms with E-state index in [1.54, 1.807) is 42.5 Å². The van der Waals surface area contributed by atoms with Crippen LogP contribution in [0, 0.1) is 17.1 Å². The highest BCUT2D eigenvalue weighted by atomic mass is 19.1. The van der Waals surface area contributed by atoms with Crippen LogP contribution >= 0.6 is 0 Å². The predicted octanol–water partition coefficient (Wildman–Crippen LogP) is 3.67. The number of hydrogen-bond donors (Lipinski definition) is 1. The summed E-state index contributed by atoms with van der Waals surface area (Å²) in [5, 5.41) is 12.0. The first-order chi connectivity index (χ1) is 16.1. The van der Waals surface area contributed by atoms with Gasteiger partial charge in [-0.15, -0.1) is 0 Å². The summed E-state index contributed by atoms with van der Waals surface area (Å²) >= 11 is 0. The number of nitrogens with zero attached hydrogens (tertiary/aromatic N) is 2. The van der Waals surface area contributed by atoms with Gasteiger partial charge >= 0.3 is 0 Å². The van der Waals surface area contributed by atoms with Gasteiger partial charge in [-0.1, -0.05) is 24.3 Å². The van der Waals surface area contributed by atoms with E-state index in [0.717, 1.165) is 5.56 Å². The molecule has 3 aromatic rings. The van der Waals surface area contributed by atoms with E-state index in [1.807, 2.05) is 6.07 Å². The maximum atomic E-state index is 13.8. The third kappa shape index (κ3) is 5.77. The Morgan fingerprint density at radius 3 is 2.76 bits per heavy atom. The highest BCUT2D eigenvalue weighted by Crippen LogP contribution is 2.23. The van der Waals surface area contributed by atoms with Gasteiger partial charge in [-0.25, -0.2) is 4.39 Å². The van der Waals surface area contributed by atoms with Crippen LogP contribution in [0.15, 0.2) is 65.1 Å². The van der Waals surface area contributed by atoms with Gasteiger partial charge in [0.15, 0.2) is 5.76 Å². The van der Waals surface area contributed by atoms with Crippen molar-refractivity contribution >= 4 is 5.91 Å². The molecule has 0 bridgehead atoms. The molecule has 2 aromatic carbocycles. The zero-order valence-corrected chi connectivity index (χ0v) is 18.0. The highest BCUT2D eigenvalue weighted by Gasteiger charge is 2.24. The first-order valence-corrected chi connectivity index (χ1v) is 10.7. The van der Waals surface area contributed by atoms with Gasteiger partial charge in [0.05, 0.1) is 24.8 Å². The fourth-order valence-electron chi connectivity index (χ4n) is 3.75. The number of furan rings is 1. The number of nitriles is 1. The highest BCUT2D eigenvalue weighted by molar-refractivity contribution is 5.91. The summed E-state index contributed by atoms with van der Waals surface area (Å²) in [5.41, 5.74) is 1.22. The Kier molecular flexibility index (Phi) is 7.35. The van der Waals surface area contributed by atoms with Crippen molar-refractivity contribution in [3.63, 3.8) is 0 Å². The maximum absolute atomic E-state index is 13.8. The molecule has 1 aliphatic heterocycles. The Morgan fingerprint density at radius 1 is 1.15 bits per heavy atom. The summed E-state index contributed by atoms with van der Waals surface area (Å²) in [4.78, 5) is 14.9. The van der Waals surface area contributed by atoms with E-state index in [4.69, 9.17) is 19.2 Å². The Labute approximate surface area is 191 Å². The molecule has 1 N–H and O–H groups in total. The first kappa shape index (κ1) is 22.5. The average Bonchev–Trinajstić information content (AvgIpc) is 3.33. The maximum Gasteiger partial charge on any atom is 0.287 e. The molecule has 0 saturated carbocycles. The number of amides is 1. The van der Waals surface area contributed by atoms with Crippen molar-refractivity contribution in [3.05, 3.63) is 89.1 Å². The lowest BCUT2D eigenvalue weighted by molar-refractivity contribution is 0.0161. The third-order valence-corrected chi connectivity index (χ3v) is 5.44. The minimum Gasteiger partial charge on any atom is -0.484 e. The van der Waals surface area contributed by atoms with E-state index in [9.17, 15) is 9.18 Å². The molecule has 33 heavy (non-hydrogen) atoms. The number of benzene rings is 2. The molecule has 8 heteroatoms. The van der Waals surface area contributed by atoms with E-state index in [0.29, 0.717) is 49.9 Å². The molecule has 7 nitrogen and oxygen atoms in total. The van der Waals surface area contributed by atoms with Crippen LogP contribution in [0.3, 0.4) is 0 Å². The van der Waals surface area contributed by atoms with Crippen molar-refractivity contribution in [3.8, 4) is 11.8 Å². The Balaban J connectivity index is 1.38. The summed E-state index contributed by atoms with van der Waals surface area (Å²) in [7, 11) is 0. The van der Waals surface area contributed by atoms with Crippen LogP contribution in [0.1, 0.15) is 33.5 Å². The Hall–Kier alpha value is -3.67. The number of carbonyl (C=O) groups excluding carboxylic acids is 1. The summed E-state index contributed by atoms with van der Waals surface area (Å²) in [5.74, 6) is 0.384. The summed E-state index contributed by atoms with van der Waals surface area (Å²) in [6.45, 7) is 2.97. The normalized spacial score (nSPS) is 14.9. The number of rotatable bonds is 8. The number of ether oxygens (including phenoxy) is 2. The molecule has 1 aliphatic rings. The second-order valence-electron chi connectivity index (χ2n) is 7.59. The fraction of sp³-hybridized carbons (Fsp3) is 0.280. The SMILES string of the molecule is N#Cc1ccccc1OCc1ccc(C(=O)NCC(c2cccc(F)c2)N2CCOCC2)o1. The third-order valence-electron chi connectivity index (χ3n) is 5.44. The van der Waals surface area contributed by atoms with Crippen molar-refractivity contribution < 1.29 is 23.1 Å². The lowest BCUT2D eigenvalue weighted by Gasteiger charge is -2.34. The van der Waals surface area contributed by atoms with Crippen LogP contribution in [0.2, 0.25) is 0 Å². The molecule has 1 unspecified atom stereocenters. The number of nitrogens with one attached hydrogen (secondary N) is 1. The van der Waals surface area contributed by atoms with Gasteiger partial charge < -0.3 is 19.2 Å². The van der Waals surface area contributed by atoms with Crippen molar-refractivity contribution in [2.75, 3.05) is 32.8 Å². The van der Waals surface area contributed by atoms with Gasteiger partial charge in [0, 0.05) is 19.6 Å². The summed E-state index contributed by atoms with van der Waals surface area (Å²) in [6, 6.07) is 18.5. The topological polar surface area (TPSA) is 87.7 Å². The van der Waals surface area contributed by atoms with Gasteiger partial charge in [0.1, 0.15) is 30.0 Å². The second-order valence-corrected chi connectivity index (χ2v) is 7.59. The van der Waals surface area contributed by atoms with Crippen LogP contribution in [-0.2, 0) is 11.3 Å². The van der Waals surface area contributed by atoms with Gasteiger partial charge in [0.25, 0.3) is 5.91 Å². The molecule has 1 amide bonds. The Bertz CT molecular complexity index is 1130. The summed E-state index contributed by atoms with van der Waals surface area (Å²) in [6.07, 6.45) is 0. The molecule has 170 valence electrons. The predicted molar refractivity (Wildman–Crippen MR) is 118 cm³/mol. The first-order valence-electron chi connectivity index (χ1n) is 10.7. The zero-order chi connectivity index (χ0) is 23.0. The number of morpholine rings is 1. The van der Waals surface area contributed by atoms with Crippen LogP contribution in [0.5, 0.6) is 5.75 Å². The van der Waals surface area contributed by atoms with E-state index in [1.165, 1.54) is 12.1 Å². The quantitative estimate of drug-likeness (QED) is 0.565. The van der Waals surface area contributed by atoms with Crippen molar-refractivity contribution in [2.45, 2.75) is 12.6 Å². The van der Waals surface area contributed by atoms with E-state index < -0.39 is 0 Å². The molecular formula is C25H24FN3O4. The van der Waals surface area contributed by atoms with Crippen molar-refractivity contribution in [1.29, 1.82) is 5.26 Å². The fourth-order valence-corrected chi connectivity index (χ4v) is 3.75. The molecule has 1 aromatic heterocycles. The monoisotopic (exact) mass is 449 g/mol. The molecule has 0 radical (unpaired) electrons. The lowest BCUT2D eigenvalue weighted by atomic mass is 10.0. The van der Waals surface area contributed by atoms with Crippen LogP contribution < -0.4 is 10.1 Å². The number of para-hydroxylation sites is 1. The lowest BCUT2D eigenvalue weighted by Crippen LogP contribution is -2.43. The Morgan fingerprint density at radius 2 is 1.97 bits per heavy atom. The smallest absolute Gasteiger partial charge is 0.287 e. The molecule has 2 heterocycles. The summed E-state index contributed by atoms with van der Waals surface area (Å²) < 4.78 is 30.5. The number of halogens is 1. The van der Waals surface area contributed by atoms with Gasteiger partial charge in [-0.3, -0.25) is 9.69 Å². The van der Waals surface area contributed by atoms with E-state index in [2.05, 4.69) is 16.3 Å². The van der Waals surface area contributed by atoms with Crippen molar-refractivity contribution in [2.24, 2.45) is 0 Å². The second kappa shape index (κ2) is 10.8. The molecule has 0 spiro atoms. The minimum atomic E-state index is -0.367. The largest absolute Gasteiger partial charge is 0.484 e. The molecule has 4 rings (SSSR count). The van der Waals surface area contributed by atoms with Crippen LogP contribution in [-0.4, -0.2) is 43.7 Å². The van der Waals surface area contributed by atoms with Crippen molar-refractivity contribution in [1.82, 2.24) is 10.2 Å². The van der Waals surface area contributed by atoms with Crippen LogP contribution in [0.25, 0.3) is 0 Å². The average molecular weight is 449 g/mol. The van der Waals surface area contributed by atoms with E-state index in [-0.39, 0.29) is 30.1 Å². The molecule has 1 atom stereocenters. The van der Waals surface area contributed by atoms with Gasteiger partial charge in [-0.2, -0.15) is 5.26 Å². The van der Waals surface area contributed by atoms with Gasteiger partial charge in [0.2, 0.25) is 0 Å². The number of hydrogen-bond acceptors (Lipinski definition) is 6. The molecule has 1 fully saturated rings. The van der Waals surface area contributed by atoms with Crippen LogP contribution in [0.4, 0.5) is 4.39 Å². The molecule has 0 aliphatic carbocycles. The zero-order valence-electron chi connectivity index (χ0n) is 18.0. The van der Waals surface area contributed by atoms with Gasteiger partial charge in [-0.05, 0) is 42.0 Å². The standard InChI is InChI=1S/C25H24FN3O4/c26-20-6-3-5-18(14-20)22(29-10-12-31-13-11-29)16-28-25(30)24-9-8-21(33-24)17-32-23-7-2-1-4-19(23)15-27/h1-9,14,22H,10-13,16-17H2,(H,28,30). The molecular weight excluding hydrogens is 425 g/mol.